The number of nitrogens with two attached hydrogens (primary N) is 1. The maximum absolute atomic E-state index is 5.43. The number of hydrogen-bond donors (Lipinski definition) is 1. The molecule has 0 saturated heterocycles. The number of rotatable bonds is 3. The summed E-state index contributed by atoms with van der Waals surface area (Å²) in [5.41, 5.74) is 6.64. The van der Waals surface area contributed by atoms with Crippen LogP contribution in [0.1, 0.15) is 0 Å². The van der Waals surface area contributed by atoms with Crippen LogP contribution in [0.5, 0.6) is 0 Å². The summed E-state index contributed by atoms with van der Waals surface area (Å²) >= 11 is 0. The van der Waals surface area contributed by atoms with Crippen LogP contribution in [0.2, 0.25) is 0 Å². The zero-order valence-corrected chi connectivity index (χ0v) is 7.70. The Morgan fingerprint density at radius 1 is 1.33 bits per heavy atom. The van der Waals surface area contributed by atoms with E-state index in [1.165, 1.54) is 5.69 Å². The predicted octanol–water partition coefficient (Wildman–Crippen LogP) is -0.00120. The van der Waals surface area contributed by atoms with E-state index in [9.17, 15) is 0 Å². The minimum atomic E-state index is 0.686. The van der Waals surface area contributed by atoms with Crippen molar-refractivity contribution >= 4 is 5.69 Å². The van der Waals surface area contributed by atoms with Crippen molar-refractivity contribution in [3.8, 4) is 0 Å². The van der Waals surface area contributed by atoms with E-state index in [2.05, 4.69) is 21.6 Å². The van der Waals surface area contributed by atoms with E-state index in [1.807, 2.05) is 26.5 Å². The molecular formula is C9H16N3+. The third-order valence-electron chi connectivity index (χ3n) is 1.78. The highest BCUT2D eigenvalue weighted by Gasteiger charge is 1.99. The molecule has 3 heteroatoms. The highest BCUT2D eigenvalue weighted by molar-refractivity contribution is 5.41. The molecule has 1 heterocycles. The van der Waals surface area contributed by atoms with E-state index in [4.69, 9.17) is 5.73 Å². The topological polar surface area (TPSA) is 33.1 Å². The Morgan fingerprint density at radius 3 is 2.33 bits per heavy atom. The summed E-state index contributed by atoms with van der Waals surface area (Å²) in [6.07, 6.45) is 4.09. The average molecular weight is 166 g/mol. The van der Waals surface area contributed by atoms with Crippen LogP contribution < -0.4 is 15.2 Å². The van der Waals surface area contributed by atoms with Crippen molar-refractivity contribution in [3.05, 3.63) is 24.5 Å². The summed E-state index contributed by atoms with van der Waals surface area (Å²) in [5, 5.41) is 0. The second-order valence-corrected chi connectivity index (χ2v) is 2.98. The fourth-order valence-electron chi connectivity index (χ4n) is 1.05. The third kappa shape index (κ3) is 2.20. The van der Waals surface area contributed by atoms with E-state index >= 15 is 0 Å². The lowest BCUT2D eigenvalue weighted by Crippen LogP contribution is -2.36. The molecule has 12 heavy (non-hydrogen) atoms. The van der Waals surface area contributed by atoms with Gasteiger partial charge in [-0.2, -0.15) is 0 Å². The van der Waals surface area contributed by atoms with E-state index in [-0.39, 0.29) is 0 Å². The molecule has 66 valence electrons. The molecule has 2 N–H and O–H groups in total. The molecule has 0 aliphatic heterocycles. The molecule has 0 bridgehead atoms. The molecule has 0 aliphatic rings. The summed E-state index contributed by atoms with van der Waals surface area (Å²) in [6.45, 7) is 1.57. The van der Waals surface area contributed by atoms with Gasteiger partial charge < -0.3 is 10.6 Å². The highest BCUT2D eigenvalue weighted by atomic mass is 15.1. The lowest BCUT2D eigenvalue weighted by atomic mass is 10.4. The molecule has 1 aromatic heterocycles. The smallest absolute Gasteiger partial charge is 0.170 e. The summed E-state index contributed by atoms with van der Waals surface area (Å²) < 4.78 is 2.08. The van der Waals surface area contributed by atoms with Crippen LogP contribution in [0.3, 0.4) is 0 Å². The minimum Gasteiger partial charge on any atom is -0.377 e. The maximum Gasteiger partial charge on any atom is 0.170 e. The van der Waals surface area contributed by atoms with Gasteiger partial charge in [0.05, 0.1) is 6.54 Å². The zero-order valence-electron chi connectivity index (χ0n) is 7.70. The van der Waals surface area contributed by atoms with Crippen LogP contribution in [-0.4, -0.2) is 20.6 Å². The second-order valence-electron chi connectivity index (χ2n) is 2.98. The molecule has 0 saturated carbocycles. The third-order valence-corrected chi connectivity index (χ3v) is 1.78. The first-order chi connectivity index (χ1) is 5.74. The van der Waals surface area contributed by atoms with Crippen LogP contribution in [0.15, 0.2) is 24.5 Å². The van der Waals surface area contributed by atoms with Crippen molar-refractivity contribution in [1.29, 1.82) is 0 Å². The van der Waals surface area contributed by atoms with Crippen LogP contribution in [0, 0.1) is 0 Å². The van der Waals surface area contributed by atoms with Crippen LogP contribution >= 0.6 is 0 Å². The normalized spacial score (nSPS) is 9.92. The molecule has 0 aromatic carbocycles. The van der Waals surface area contributed by atoms with Crippen LogP contribution in [0.25, 0.3) is 0 Å². The van der Waals surface area contributed by atoms with Gasteiger partial charge >= 0.3 is 0 Å². The monoisotopic (exact) mass is 166 g/mol. The van der Waals surface area contributed by atoms with E-state index in [0.29, 0.717) is 6.54 Å². The largest absolute Gasteiger partial charge is 0.377 e. The van der Waals surface area contributed by atoms with Crippen molar-refractivity contribution in [2.24, 2.45) is 5.73 Å². The fourth-order valence-corrected chi connectivity index (χ4v) is 1.05. The fraction of sp³-hybridized carbons (Fsp3) is 0.444. The lowest BCUT2D eigenvalue weighted by Gasteiger charge is -2.10. The molecule has 1 rings (SSSR count). The molecule has 0 radical (unpaired) electrons. The van der Waals surface area contributed by atoms with Crippen molar-refractivity contribution < 1.29 is 4.57 Å². The van der Waals surface area contributed by atoms with Crippen molar-refractivity contribution in [3.63, 3.8) is 0 Å². The summed E-state index contributed by atoms with van der Waals surface area (Å²) in [7, 11) is 4.06. The van der Waals surface area contributed by atoms with Gasteiger partial charge in [0.2, 0.25) is 0 Å². The summed E-state index contributed by atoms with van der Waals surface area (Å²) in [6, 6.07) is 4.16. The lowest BCUT2D eigenvalue weighted by molar-refractivity contribution is -0.694. The van der Waals surface area contributed by atoms with E-state index in [0.717, 1.165) is 6.54 Å². The number of aromatic nitrogens is 1. The second kappa shape index (κ2) is 4.07. The van der Waals surface area contributed by atoms with Crippen molar-refractivity contribution in [2.75, 3.05) is 25.5 Å². The first kappa shape index (κ1) is 9.00. The maximum atomic E-state index is 5.43. The van der Waals surface area contributed by atoms with Gasteiger partial charge in [-0.15, -0.1) is 0 Å². The van der Waals surface area contributed by atoms with Crippen LogP contribution in [-0.2, 0) is 6.54 Å². The molecule has 0 atom stereocenters. The Labute approximate surface area is 73.4 Å². The van der Waals surface area contributed by atoms with Gasteiger partial charge in [-0.05, 0) is 0 Å². The highest BCUT2D eigenvalue weighted by Crippen LogP contribution is 2.05. The molecule has 0 unspecified atom stereocenters. The Morgan fingerprint density at radius 2 is 1.92 bits per heavy atom. The SMILES string of the molecule is CN(C)c1cc[n+](CCN)cc1. The first-order valence-corrected chi connectivity index (χ1v) is 4.10. The Balaban J connectivity index is 2.71. The quantitative estimate of drug-likeness (QED) is 0.641. The molecule has 0 spiro atoms. The molecule has 0 aliphatic carbocycles. The standard InChI is InChI=1S/C9H16N3/c1-11(2)9-3-6-12(7-4-9)8-5-10/h3-4,6-7H,5,8,10H2,1-2H3/q+1. The van der Waals surface area contributed by atoms with Gasteiger partial charge in [-0.3, -0.25) is 0 Å². The van der Waals surface area contributed by atoms with E-state index in [1.54, 1.807) is 0 Å². The van der Waals surface area contributed by atoms with Gasteiger partial charge in [-0.1, -0.05) is 0 Å². The number of anilines is 1. The molecule has 3 nitrogen and oxygen atoms in total. The molecular weight excluding hydrogens is 150 g/mol. The Hall–Kier alpha value is -1.09. The summed E-state index contributed by atoms with van der Waals surface area (Å²) in [4.78, 5) is 2.08. The minimum absolute atomic E-state index is 0.686. The number of hydrogen-bond acceptors (Lipinski definition) is 2. The van der Waals surface area contributed by atoms with Gasteiger partial charge in [-0.25, -0.2) is 4.57 Å². The zero-order chi connectivity index (χ0) is 8.97. The Kier molecular flexibility index (Phi) is 3.05. The van der Waals surface area contributed by atoms with Crippen LogP contribution in [0.4, 0.5) is 5.69 Å². The van der Waals surface area contributed by atoms with Crippen molar-refractivity contribution in [1.82, 2.24) is 0 Å². The average Bonchev–Trinajstić information content (AvgIpc) is 2.06. The van der Waals surface area contributed by atoms with Gasteiger partial charge in [0.25, 0.3) is 0 Å². The first-order valence-electron chi connectivity index (χ1n) is 4.10. The number of nitrogens with zero attached hydrogens (tertiary/aromatic N) is 2. The predicted molar refractivity (Wildman–Crippen MR) is 50.0 cm³/mol. The Bertz CT molecular complexity index is 228. The summed E-state index contributed by atoms with van der Waals surface area (Å²) in [5.74, 6) is 0. The van der Waals surface area contributed by atoms with Gasteiger partial charge in [0.15, 0.2) is 18.9 Å². The number of pyridine rings is 1. The molecule has 1 aromatic rings. The van der Waals surface area contributed by atoms with Gasteiger partial charge in [0, 0.05) is 31.9 Å². The van der Waals surface area contributed by atoms with E-state index < -0.39 is 0 Å². The van der Waals surface area contributed by atoms with Gasteiger partial charge in [0.1, 0.15) is 0 Å². The molecule has 0 fully saturated rings. The molecule has 0 amide bonds. The van der Waals surface area contributed by atoms with Crippen molar-refractivity contribution in [2.45, 2.75) is 6.54 Å².